The van der Waals surface area contributed by atoms with Crippen LogP contribution in [0, 0.1) is 24.2 Å². The van der Waals surface area contributed by atoms with Crippen LogP contribution in [0.15, 0.2) is 18.3 Å². The number of nitrogens with zero attached hydrogens (tertiary/aromatic N) is 3. The van der Waals surface area contributed by atoms with Gasteiger partial charge in [-0.15, -0.1) is 0 Å². The Kier molecular flexibility index (Phi) is 2.38. The standard InChI is InChI=1S/C11H11N3O/c1-8-10(3-2-4-13-8)14-7-9(6-12)5-11(14)15/h2-4,9H,5,7H2,1H3. The van der Waals surface area contributed by atoms with Crippen LogP contribution in [-0.4, -0.2) is 17.4 Å². The highest BCUT2D eigenvalue weighted by atomic mass is 16.2. The second-order valence-electron chi connectivity index (χ2n) is 3.64. The van der Waals surface area contributed by atoms with E-state index in [1.807, 2.05) is 13.0 Å². The average molecular weight is 201 g/mol. The molecule has 0 bridgehead atoms. The van der Waals surface area contributed by atoms with Gasteiger partial charge in [0.05, 0.1) is 23.4 Å². The maximum Gasteiger partial charge on any atom is 0.228 e. The van der Waals surface area contributed by atoms with E-state index in [0.29, 0.717) is 13.0 Å². The lowest BCUT2D eigenvalue weighted by Gasteiger charge is -2.17. The number of amides is 1. The van der Waals surface area contributed by atoms with Gasteiger partial charge in [-0.25, -0.2) is 0 Å². The van der Waals surface area contributed by atoms with Crippen LogP contribution >= 0.6 is 0 Å². The third-order valence-corrected chi connectivity index (χ3v) is 2.58. The van der Waals surface area contributed by atoms with Crippen molar-refractivity contribution >= 4 is 11.6 Å². The molecule has 0 spiro atoms. The minimum absolute atomic E-state index is 0.0117. The summed E-state index contributed by atoms with van der Waals surface area (Å²) in [5, 5.41) is 8.77. The monoisotopic (exact) mass is 201 g/mol. The average Bonchev–Trinajstić information content (AvgIpc) is 2.60. The lowest BCUT2D eigenvalue weighted by atomic mass is 10.1. The quantitative estimate of drug-likeness (QED) is 0.687. The van der Waals surface area contributed by atoms with Gasteiger partial charge in [0, 0.05) is 19.2 Å². The summed E-state index contributed by atoms with van der Waals surface area (Å²) in [7, 11) is 0. The van der Waals surface area contributed by atoms with Crippen molar-refractivity contribution in [2.24, 2.45) is 5.92 Å². The molecule has 0 N–H and O–H groups in total. The number of aryl methyl sites for hydroxylation is 1. The molecule has 1 aliphatic rings. The molecule has 1 atom stereocenters. The number of carbonyl (C=O) groups is 1. The molecule has 2 heterocycles. The summed E-state index contributed by atoms with van der Waals surface area (Å²) >= 11 is 0. The van der Waals surface area contributed by atoms with E-state index in [-0.39, 0.29) is 11.8 Å². The van der Waals surface area contributed by atoms with Crippen molar-refractivity contribution in [3.8, 4) is 6.07 Å². The molecule has 1 fully saturated rings. The topological polar surface area (TPSA) is 57.0 Å². The SMILES string of the molecule is Cc1ncccc1N1CC(C#N)CC1=O. The van der Waals surface area contributed by atoms with E-state index in [1.54, 1.807) is 17.2 Å². The third-order valence-electron chi connectivity index (χ3n) is 2.58. The molecular weight excluding hydrogens is 190 g/mol. The number of pyridine rings is 1. The fourth-order valence-corrected chi connectivity index (χ4v) is 1.79. The second-order valence-corrected chi connectivity index (χ2v) is 3.64. The van der Waals surface area contributed by atoms with Gasteiger partial charge in [-0.05, 0) is 19.1 Å². The van der Waals surface area contributed by atoms with E-state index in [9.17, 15) is 4.79 Å². The molecule has 4 heteroatoms. The molecule has 0 saturated carbocycles. The first kappa shape index (κ1) is 9.66. The Morgan fingerprint density at radius 2 is 2.47 bits per heavy atom. The predicted molar refractivity (Wildman–Crippen MR) is 55.0 cm³/mol. The van der Waals surface area contributed by atoms with E-state index in [0.717, 1.165) is 11.4 Å². The number of carbonyl (C=O) groups excluding carboxylic acids is 1. The first-order chi connectivity index (χ1) is 7.22. The van der Waals surface area contributed by atoms with Crippen LogP contribution in [0.3, 0.4) is 0 Å². The molecule has 1 saturated heterocycles. The van der Waals surface area contributed by atoms with Crippen LogP contribution in [-0.2, 0) is 4.79 Å². The number of anilines is 1. The highest BCUT2D eigenvalue weighted by Crippen LogP contribution is 2.25. The molecule has 1 amide bonds. The summed E-state index contributed by atoms with van der Waals surface area (Å²) in [4.78, 5) is 17.4. The van der Waals surface area contributed by atoms with Crippen molar-refractivity contribution < 1.29 is 4.79 Å². The van der Waals surface area contributed by atoms with Gasteiger partial charge < -0.3 is 4.90 Å². The molecule has 76 valence electrons. The van der Waals surface area contributed by atoms with E-state index >= 15 is 0 Å². The zero-order chi connectivity index (χ0) is 10.8. The molecule has 15 heavy (non-hydrogen) atoms. The van der Waals surface area contributed by atoms with Crippen molar-refractivity contribution in [1.29, 1.82) is 5.26 Å². The fraction of sp³-hybridized carbons (Fsp3) is 0.364. The highest BCUT2D eigenvalue weighted by Gasteiger charge is 2.31. The van der Waals surface area contributed by atoms with E-state index in [2.05, 4.69) is 11.1 Å². The first-order valence-electron chi connectivity index (χ1n) is 4.84. The van der Waals surface area contributed by atoms with E-state index in [4.69, 9.17) is 5.26 Å². The van der Waals surface area contributed by atoms with Gasteiger partial charge in [0.2, 0.25) is 5.91 Å². The largest absolute Gasteiger partial charge is 0.309 e. The maximum absolute atomic E-state index is 11.6. The molecule has 0 aliphatic carbocycles. The van der Waals surface area contributed by atoms with E-state index in [1.165, 1.54) is 0 Å². The van der Waals surface area contributed by atoms with Gasteiger partial charge in [0.25, 0.3) is 0 Å². The molecule has 1 aromatic heterocycles. The second kappa shape index (κ2) is 3.70. The van der Waals surface area contributed by atoms with Gasteiger partial charge in [-0.1, -0.05) is 0 Å². The zero-order valence-corrected chi connectivity index (χ0v) is 8.47. The fourth-order valence-electron chi connectivity index (χ4n) is 1.79. The summed E-state index contributed by atoms with van der Waals surface area (Å²) in [6.45, 7) is 2.35. The van der Waals surface area contributed by atoms with Crippen LogP contribution in [0.2, 0.25) is 0 Å². The van der Waals surface area contributed by atoms with Crippen molar-refractivity contribution in [1.82, 2.24) is 4.98 Å². The van der Waals surface area contributed by atoms with Crippen molar-refractivity contribution in [3.63, 3.8) is 0 Å². The summed E-state index contributed by atoms with van der Waals surface area (Å²) in [6.07, 6.45) is 2.02. The molecule has 4 nitrogen and oxygen atoms in total. The molecule has 0 radical (unpaired) electrons. The lowest BCUT2D eigenvalue weighted by molar-refractivity contribution is -0.117. The molecule has 1 aliphatic heterocycles. The van der Waals surface area contributed by atoms with Crippen molar-refractivity contribution in [2.75, 3.05) is 11.4 Å². The molecule has 0 aromatic carbocycles. The Hall–Kier alpha value is -1.89. The van der Waals surface area contributed by atoms with Gasteiger partial charge in [-0.3, -0.25) is 9.78 Å². The van der Waals surface area contributed by atoms with Crippen LogP contribution < -0.4 is 4.90 Å². The normalized spacial score (nSPS) is 20.4. The number of hydrogen-bond acceptors (Lipinski definition) is 3. The first-order valence-corrected chi connectivity index (χ1v) is 4.84. The Labute approximate surface area is 88.1 Å². The summed E-state index contributed by atoms with van der Waals surface area (Å²) in [5.74, 6) is -0.172. The number of rotatable bonds is 1. The Morgan fingerprint density at radius 1 is 1.67 bits per heavy atom. The predicted octanol–water partition coefficient (Wildman–Crippen LogP) is 1.27. The van der Waals surface area contributed by atoms with Gasteiger partial charge in [-0.2, -0.15) is 5.26 Å². The van der Waals surface area contributed by atoms with Gasteiger partial charge in [0.15, 0.2) is 0 Å². The summed E-state index contributed by atoms with van der Waals surface area (Å²) in [5.41, 5.74) is 1.64. The van der Waals surface area contributed by atoms with Gasteiger partial charge >= 0.3 is 0 Å². The van der Waals surface area contributed by atoms with Crippen LogP contribution in [0.5, 0.6) is 0 Å². The maximum atomic E-state index is 11.6. The van der Waals surface area contributed by atoms with Gasteiger partial charge in [0.1, 0.15) is 0 Å². The zero-order valence-electron chi connectivity index (χ0n) is 8.47. The van der Waals surface area contributed by atoms with Crippen LogP contribution in [0.4, 0.5) is 5.69 Å². The third kappa shape index (κ3) is 1.68. The Bertz CT molecular complexity index is 436. The minimum atomic E-state index is -0.183. The Morgan fingerprint density at radius 3 is 3.07 bits per heavy atom. The van der Waals surface area contributed by atoms with Crippen LogP contribution in [0.1, 0.15) is 12.1 Å². The highest BCUT2D eigenvalue weighted by molar-refractivity contribution is 5.96. The summed E-state index contributed by atoms with van der Waals surface area (Å²) in [6, 6.07) is 5.79. The minimum Gasteiger partial charge on any atom is -0.309 e. The summed E-state index contributed by atoms with van der Waals surface area (Å²) < 4.78 is 0. The lowest BCUT2D eigenvalue weighted by Crippen LogP contribution is -2.25. The van der Waals surface area contributed by atoms with Crippen molar-refractivity contribution in [3.05, 3.63) is 24.0 Å². The number of aromatic nitrogens is 1. The molecular formula is C11H11N3O. The number of hydrogen-bond donors (Lipinski definition) is 0. The number of nitriles is 1. The smallest absolute Gasteiger partial charge is 0.228 e. The molecule has 1 unspecified atom stereocenters. The van der Waals surface area contributed by atoms with E-state index < -0.39 is 0 Å². The van der Waals surface area contributed by atoms with Crippen molar-refractivity contribution in [2.45, 2.75) is 13.3 Å². The molecule has 1 aromatic rings. The molecule has 2 rings (SSSR count). The van der Waals surface area contributed by atoms with Crippen LogP contribution in [0.25, 0.3) is 0 Å². The Balaban J connectivity index is 2.30.